The van der Waals surface area contributed by atoms with E-state index in [0.29, 0.717) is 17.4 Å². The molecule has 1 aromatic rings. The fourth-order valence-electron chi connectivity index (χ4n) is 3.20. The van der Waals surface area contributed by atoms with Crippen molar-refractivity contribution in [3.05, 3.63) is 35.4 Å². The third kappa shape index (κ3) is 3.39. The highest BCUT2D eigenvalue weighted by Crippen LogP contribution is 2.43. The molecule has 1 fully saturated rings. The highest BCUT2D eigenvalue weighted by molar-refractivity contribution is 5.30. The van der Waals surface area contributed by atoms with Gasteiger partial charge in [0.15, 0.2) is 0 Å². The third-order valence-electron chi connectivity index (χ3n) is 4.65. The van der Waals surface area contributed by atoms with E-state index in [1.165, 1.54) is 24.0 Å². The van der Waals surface area contributed by atoms with Gasteiger partial charge in [-0.3, -0.25) is 0 Å². The first-order chi connectivity index (χ1) is 8.69. The van der Waals surface area contributed by atoms with Crippen LogP contribution in [0.15, 0.2) is 24.3 Å². The zero-order chi connectivity index (χ0) is 14.3. The molecule has 1 nitrogen and oxygen atoms in total. The van der Waals surface area contributed by atoms with Crippen molar-refractivity contribution in [3.8, 4) is 0 Å². The molecule has 0 amide bonds. The molecule has 1 aromatic carbocycles. The lowest BCUT2D eigenvalue weighted by Crippen LogP contribution is -2.37. The van der Waals surface area contributed by atoms with Crippen molar-refractivity contribution in [1.29, 1.82) is 0 Å². The number of rotatable bonds is 1. The predicted octanol–water partition coefficient (Wildman–Crippen LogP) is 4.61. The zero-order valence-electron chi connectivity index (χ0n) is 13.2. The lowest BCUT2D eigenvalue weighted by molar-refractivity contribution is 0.198. The molecule has 2 N–H and O–H groups in total. The summed E-state index contributed by atoms with van der Waals surface area (Å²) in [5.74, 6) is 0.526. The maximum absolute atomic E-state index is 6.36. The number of hydrogen-bond acceptors (Lipinski definition) is 1. The Hall–Kier alpha value is -0.820. The van der Waals surface area contributed by atoms with Gasteiger partial charge in [0, 0.05) is 6.04 Å². The van der Waals surface area contributed by atoms with Gasteiger partial charge in [-0.1, -0.05) is 58.9 Å². The summed E-state index contributed by atoms with van der Waals surface area (Å²) in [5, 5.41) is 0. The maximum Gasteiger partial charge on any atom is 0.0108 e. The van der Waals surface area contributed by atoms with Crippen molar-refractivity contribution in [2.75, 3.05) is 0 Å². The SMILES string of the molecule is CC1(C)CCC(N)C(c2ccc(C(C)(C)C)cc2)C1. The zero-order valence-corrected chi connectivity index (χ0v) is 13.2. The van der Waals surface area contributed by atoms with E-state index in [9.17, 15) is 0 Å². The van der Waals surface area contributed by atoms with Crippen molar-refractivity contribution in [2.45, 2.75) is 71.3 Å². The van der Waals surface area contributed by atoms with Crippen molar-refractivity contribution >= 4 is 0 Å². The monoisotopic (exact) mass is 259 g/mol. The van der Waals surface area contributed by atoms with Crippen molar-refractivity contribution < 1.29 is 0 Å². The second-order valence-electron chi connectivity index (χ2n) is 8.05. The van der Waals surface area contributed by atoms with Crippen LogP contribution in [0.25, 0.3) is 0 Å². The Morgan fingerprint density at radius 3 is 2.21 bits per heavy atom. The summed E-state index contributed by atoms with van der Waals surface area (Å²) in [4.78, 5) is 0. The van der Waals surface area contributed by atoms with Crippen LogP contribution in [-0.2, 0) is 5.41 Å². The van der Waals surface area contributed by atoms with Gasteiger partial charge in [0.2, 0.25) is 0 Å². The van der Waals surface area contributed by atoms with Gasteiger partial charge < -0.3 is 5.73 Å². The number of hydrogen-bond donors (Lipinski definition) is 1. The minimum absolute atomic E-state index is 0.229. The molecule has 1 saturated carbocycles. The van der Waals surface area contributed by atoms with Gasteiger partial charge in [-0.15, -0.1) is 0 Å². The van der Waals surface area contributed by atoms with E-state index < -0.39 is 0 Å². The molecule has 0 aliphatic heterocycles. The minimum atomic E-state index is 0.229. The Labute approximate surface area is 118 Å². The van der Waals surface area contributed by atoms with Gasteiger partial charge in [-0.2, -0.15) is 0 Å². The Morgan fingerprint density at radius 1 is 1.11 bits per heavy atom. The first kappa shape index (κ1) is 14.6. The number of benzene rings is 1. The van der Waals surface area contributed by atoms with Crippen LogP contribution in [0.2, 0.25) is 0 Å². The van der Waals surface area contributed by atoms with Crippen LogP contribution in [-0.4, -0.2) is 6.04 Å². The van der Waals surface area contributed by atoms with E-state index in [0.717, 1.165) is 6.42 Å². The van der Waals surface area contributed by atoms with Crippen LogP contribution < -0.4 is 5.73 Å². The van der Waals surface area contributed by atoms with E-state index in [-0.39, 0.29) is 5.41 Å². The molecule has 0 aromatic heterocycles. The molecule has 2 atom stereocenters. The van der Waals surface area contributed by atoms with Crippen molar-refractivity contribution in [1.82, 2.24) is 0 Å². The van der Waals surface area contributed by atoms with E-state index in [4.69, 9.17) is 5.73 Å². The summed E-state index contributed by atoms with van der Waals surface area (Å²) in [7, 11) is 0. The lowest BCUT2D eigenvalue weighted by Gasteiger charge is -2.39. The summed E-state index contributed by atoms with van der Waals surface area (Å²) < 4.78 is 0. The Kier molecular flexibility index (Phi) is 3.79. The molecule has 2 unspecified atom stereocenters. The van der Waals surface area contributed by atoms with Crippen LogP contribution in [0.3, 0.4) is 0 Å². The molecular weight excluding hydrogens is 230 g/mol. The van der Waals surface area contributed by atoms with Crippen LogP contribution in [0.4, 0.5) is 0 Å². The smallest absolute Gasteiger partial charge is 0.0108 e. The lowest BCUT2D eigenvalue weighted by atomic mass is 9.68. The predicted molar refractivity (Wildman–Crippen MR) is 83.5 cm³/mol. The van der Waals surface area contributed by atoms with Gasteiger partial charge in [-0.05, 0) is 47.1 Å². The largest absolute Gasteiger partial charge is 0.327 e. The van der Waals surface area contributed by atoms with Gasteiger partial charge in [0.1, 0.15) is 0 Å². The summed E-state index contributed by atoms with van der Waals surface area (Å²) in [6, 6.07) is 9.49. The standard InChI is InChI=1S/C18H29N/c1-17(2,3)14-8-6-13(7-9-14)15-12-18(4,5)11-10-16(15)19/h6-9,15-16H,10-12,19H2,1-5H3. The van der Waals surface area contributed by atoms with E-state index >= 15 is 0 Å². The minimum Gasteiger partial charge on any atom is -0.327 e. The summed E-state index contributed by atoms with van der Waals surface area (Å²) in [6.45, 7) is 11.5. The van der Waals surface area contributed by atoms with Gasteiger partial charge in [0.05, 0.1) is 0 Å². The van der Waals surface area contributed by atoms with Crippen LogP contribution in [0.1, 0.15) is 70.9 Å². The topological polar surface area (TPSA) is 26.0 Å². The molecule has 1 aliphatic carbocycles. The van der Waals surface area contributed by atoms with Crippen LogP contribution >= 0.6 is 0 Å². The quantitative estimate of drug-likeness (QED) is 0.783. The average molecular weight is 259 g/mol. The van der Waals surface area contributed by atoms with Gasteiger partial charge >= 0.3 is 0 Å². The second-order valence-corrected chi connectivity index (χ2v) is 8.05. The normalized spacial score (nSPS) is 27.3. The molecule has 1 aliphatic rings. The number of nitrogens with two attached hydrogens (primary N) is 1. The Bertz CT molecular complexity index is 422. The van der Waals surface area contributed by atoms with E-state index in [2.05, 4.69) is 58.9 Å². The molecule has 0 heterocycles. The molecule has 0 spiro atoms. The summed E-state index contributed by atoms with van der Waals surface area (Å²) >= 11 is 0. The first-order valence-corrected chi connectivity index (χ1v) is 7.55. The highest BCUT2D eigenvalue weighted by atomic mass is 14.7. The van der Waals surface area contributed by atoms with Crippen LogP contribution in [0.5, 0.6) is 0 Å². The van der Waals surface area contributed by atoms with E-state index in [1.54, 1.807) is 0 Å². The molecule has 19 heavy (non-hydrogen) atoms. The molecular formula is C18H29N. The highest BCUT2D eigenvalue weighted by Gasteiger charge is 2.33. The molecule has 2 rings (SSSR count). The fourth-order valence-corrected chi connectivity index (χ4v) is 3.20. The Balaban J connectivity index is 2.21. The van der Waals surface area contributed by atoms with Crippen LogP contribution in [0, 0.1) is 5.41 Å². The molecule has 1 heteroatoms. The fraction of sp³-hybridized carbons (Fsp3) is 0.667. The average Bonchev–Trinajstić information content (AvgIpc) is 2.31. The van der Waals surface area contributed by atoms with E-state index in [1.807, 2.05) is 0 Å². The van der Waals surface area contributed by atoms with Gasteiger partial charge in [0.25, 0.3) is 0 Å². The first-order valence-electron chi connectivity index (χ1n) is 7.55. The molecule has 0 saturated heterocycles. The Morgan fingerprint density at radius 2 is 1.68 bits per heavy atom. The summed E-state index contributed by atoms with van der Waals surface area (Å²) in [5.41, 5.74) is 9.85. The molecule has 0 bridgehead atoms. The second kappa shape index (κ2) is 4.94. The van der Waals surface area contributed by atoms with Crippen molar-refractivity contribution in [3.63, 3.8) is 0 Å². The molecule has 0 radical (unpaired) electrons. The van der Waals surface area contributed by atoms with Gasteiger partial charge in [-0.25, -0.2) is 0 Å². The molecule has 106 valence electrons. The third-order valence-corrected chi connectivity index (χ3v) is 4.65. The van der Waals surface area contributed by atoms with Crippen molar-refractivity contribution in [2.24, 2.45) is 11.1 Å². The summed E-state index contributed by atoms with van der Waals surface area (Å²) in [6.07, 6.45) is 3.62. The maximum atomic E-state index is 6.36.